The molecule has 0 N–H and O–H groups in total. The smallest absolute Gasteiger partial charge is 0.248 e. The van der Waals surface area contributed by atoms with Crippen molar-refractivity contribution in [3.63, 3.8) is 0 Å². The molecule has 0 aliphatic carbocycles. The molecule has 10 heteroatoms. The van der Waals surface area contributed by atoms with E-state index < -0.39 is 0 Å². The van der Waals surface area contributed by atoms with Crippen LogP contribution in [0.25, 0.3) is 5.95 Å². The topological polar surface area (TPSA) is 82.3 Å². The highest BCUT2D eigenvalue weighted by molar-refractivity contribution is 9.10. The fraction of sp³-hybridized carbons (Fsp3) is 0. The van der Waals surface area contributed by atoms with Crippen LogP contribution in [0.1, 0.15) is 0 Å². The summed E-state index contributed by atoms with van der Waals surface area (Å²) in [5.74, 6) is 0.303. The normalized spacial score (nSPS) is 10.7. The Morgan fingerprint density at radius 1 is 1.25 bits per heavy atom. The van der Waals surface area contributed by atoms with Gasteiger partial charge in [-0.15, -0.1) is 0 Å². The first kappa shape index (κ1) is 13.4. The molecule has 0 spiro atoms. The highest BCUT2D eigenvalue weighted by Crippen LogP contribution is 2.29. The standard InChI is InChI=1S/C10H5BrClN7S/c11-6-2-1-3-14-7(6)20-10-17-8(12)16-9(18-10)19-5-13-4-15-19/h1-5H. The predicted molar refractivity (Wildman–Crippen MR) is 75.8 cm³/mol. The Labute approximate surface area is 131 Å². The van der Waals surface area contributed by atoms with Gasteiger partial charge in [0.1, 0.15) is 17.7 Å². The van der Waals surface area contributed by atoms with E-state index in [-0.39, 0.29) is 5.28 Å². The van der Waals surface area contributed by atoms with E-state index in [1.807, 2.05) is 12.1 Å². The van der Waals surface area contributed by atoms with Crippen LogP contribution in [0, 0.1) is 0 Å². The Bertz CT molecular complexity index is 736. The van der Waals surface area contributed by atoms with Crippen molar-refractivity contribution in [2.24, 2.45) is 0 Å². The van der Waals surface area contributed by atoms with Gasteiger partial charge in [-0.05, 0) is 51.4 Å². The average Bonchev–Trinajstić information content (AvgIpc) is 2.95. The van der Waals surface area contributed by atoms with Gasteiger partial charge in [0.15, 0.2) is 5.16 Å². The molecule has 0 aromatic carbocycles. The van der Waals surface area contributed by atoms with Crippen molar-refractivity contribution in [3.8, 4) is 5.95 Å². The van der Waals surface area contributed by atoms with Gasteiger partial charge in [-0.1, -0.05) is 0 Å². The van der Waals surface area contributed by atoms with Gasteiger partial charge in [-0.2, -0.15) is 24.7 Å². The lowest BCUT2D eigenvalue weighted by molar-refractivity contribution is 0.757. The molecule has 3 heterocycles. The molecule has 0 aliphatic rings. The van der Waals surface area contributed by atoms with Gasteiger partial charge < -0.3 is 0 Å². The maximum Gasteiger partial charge on any atom is 0.257 e. The van der Waals surface area contributed by atoms with Crippen LogP contribution in [-0.2, 0) is 0 Å². The molecule has 20 heavy (non-hydrogen) atoms. The molecular formula is C10H5BrClN7S. The number of hydrogen-bond donors (Lipinski definition) is 0. The van der Waals surface area contributed by atoms with Gasteiger partial charge in [0.05, 0.1) is 4.47 Å². The molecule has 0 atom stereocenters. The lowest BCUT2D eigenvalue weighted by Gasteiger charge is -2.04. The zero-order chi connectivity index (χ0) is 13.9. The quantitative estimate of drug-likeness (QED) is 0.700. The van der Waals surface area contributed by atoms with Gasteiger partial charge in [-0.25, -0.2) is 9.97 Å². The third-order valence-corrected chi connectivity index (χ3v) is 4.07. The van der Waals surface area contributed by atoms with E-state index in [2.05, 4.69) is 45.9 Å². The summed E-state index contributed by atoms with van der Waals surface area (Å²) in [5, 5.41) is 5.20. The summed E-state index contributed by atoms with van der Waals surface area (Å²) in [6.07, 6.45) is 4.56. The van der Waals surface area contributed by atoms with Crippen molar-refractivity contribution < 1.29 is 0 Å². The molecule has 0 aliphatic heterocycles. The molecule has 3 aromatic rings. The van der Waals surface area contributed by atoms with Crippen LogP contribution in [0.3, 0.4) is 0 Å². The highest BCUT2D eigenvalue weighted by atomic mass is 79.9. The second-order valence-electron chi connectivity index (χ2n) is 3.42. The number of rotatable bonds is 3. The zero-order valence-corrected chi connectivity index (χ0v) is 12.8. The van der Waals surface area contributed by atoms with E-state index in [0.29, 0.717) is 11.1 Å². The van der Waals surface area contributed by atoms with Crippen molar-refractivity contribution in [2.45, 2.75) is 10.2 Å². The van der Waals surface area contributed by atoms with Gasteiger partial charge in [0.25, 0.3) is 5.95 Å². The maximum absolute atomic E-state index is 5.90. The Morgan fingerprint density at radius 3 is 2.90 bits per heavy atom. The maximum atomic E-state index is 5.90. The Balaban J connectivity index is 1.97. The first-order chi connectivity index (χ1) is 9.72. The van der Waals surface area contributed by atoms with Crippen LogP contribution in [0.4, 0.5) is 0 Å². The van der Waals surface area contributed by atoms with Crippen LogP contribution >= 0.6 is 39.3 Å². The zero-order valence-electron chi connectivity index (χ0n) is 9.68. The van der Waals surface area contributed by atoms with Gasteiger partial charge in [-0.3, -0.25) is 0 Å². The highest BCUT2D eigenvalue weighted by Gasteiger charge is 2.11. The van der Waals surface area contributed by atoms with E-state index in [4.69, 9.17) is 11.6 Å². The number of nitrogens with zero attached hydrogens (tertiary/aromatic N) is 7. The molecular weight excluding hydrogens is 366 g/mol. The fourth-order valence-electron chi connectivity index (χ4n) is 1.31. The largest absolute Gasteiger partial charge is 0.257 e. The van der Waals surface area contributed by atoms with Gasteiger partial charge >= 0.3 is 0 Å². The molecule has 0 saturated carbocycles. The van der Waals surface area contributed by atoms with E-state index >= 15 is 0 Å². The summed E-state index contributed by atoms with van der Waals surface area (Å²) < 4.78 is 2.26. The summed E-state index contributed by atoms with van der Waals surface area (Å²) in [4.78, 5) is 20.4. The second kappa shape index (κ2) is 5.81. The third kappa shape index (κ3) is 2.94. The summed E-state index contributed by atoms with van der Waals surface area (Å²) in [5.41, 5.74) is 0. The molecule has 0 amide bonds. The van der Waals surface area contributed by atoms with Crippen molar-refractivity contribution in [1.82, 2.24) is 34.7 Å². The van der Waals surface area contributed by atoms with Crippen LogP contribution in [-0.4, -0.2) is 34.7 Å². The molecule has 0 saturated heterocycles. The minimum atomic E-state index is 0.0834. The third-order valence-electron chi connectivity index (χ3n) is 2.11. The van der Waals surface area contributed by atoms with Gasteiger partial charge in [0, 0.05) is 6.20 Å². The van der Waals surface area contributed by atoms with Crippen molar-refractivity contribution in [1.29, 1.82) is 0 Å². The van der Waals surface area contributed by atoms with Crippen LogP contribution in [0.5, 0.6) is 0 Å². The monoisotopic (exact) mass is 369 g/mol. The van der Waals surface area contributed by atoms with E-state index in [9.17, 15) is 0 Å². The van der Waals surface area contributed by atoms with E-state index in [0.717, 1.165) is 9.50 Å². The molecule has 0 fully saturated rings. The van der Waals surface area contributed by atoms with Crippen LogP contribution in [0.15, 0.2) is 45.6 Å². The molecule has 0 bridgehead atoms. The number of pyridine rings is 1. The second-order valence-corrected chi connectivity index (χ2v) is 5.57. The fourth-order valence-corrected chi connectivity index (χ4v) is 2.73. The molecule has 3 aromatic heterocycles. The molecule has 0 radical (unpaired) electrons. The first-order valence-electron chi connectivity index (χ1n) is 5.27. The molecule has 3 rings (SSSR count). The number of aromatic nitrogens is 7. The Hall–Kier alpha value is -1.58. The van der Waals surface area contributed by atoms with Crippen molar-refractivity contribution >= 4 is 39.3 Å². The van der Waals surface area contributed by atoms with Crippen molar-refractivity contribution in [2.75, 3.05) is 0 Å². The summed E-state index contributed by atoms with van der Waals surface area (Å²) >= 11 is 10.6. The first-order valence-corrected chi connectivity index (χ1v) is 7.26. The Kier molecular flexibility index (Phi) is 3.90. The summed E-state index contributed by atoms with van der Waals surface area (Å²) in [6.45, 7) is 0. The minimum Gasteiger partial charge on any atom is -0.248 e. The summed E-state index contributed by atoms with van der Waals surface area (Å²) in [7, 11) is 0. The molecule has 100 valence electrons. The lowest BCUT2D eigenvalue weighted by Crippen LogP contribution is -2.04. The van der Waals surface area contributed by atoms with Crippen LogP contribution < -0.4 is 0 Å². The predicted octanol–water partition coefficient (Wildman–Crippen LogP) is 2.41. The number of hydrogen-bond acceptors (Lipinski definition) is 7. The van der Waals surface area contributed by atoms with Crippen molar-refractivity contribution in [3.05, 3.63) is 40.7 Å². The SMILES string of the molecule is Clc1nc(Sc2ncccc2Br)nc(-n2cncn2)n1. The molecule has 0 unspecified atom stereocenters. The van der Waals surface area contributed by atoms with Gasteiger partial charge in [0.2, 0.25) is 5.28 Å². The number of halogens is 2. The molecule has 7 nitrogen and oxygen atoms in total. The average molecular weight is 371 g/mol. The minimum absolute atomic E-state index is 0.0834. The van der Waals surface area contributed by atoms with E-state index in [1.54, 1.807) is 6.20 Å². The lowest BCUT2D eigenvalue weighted by atomic mass is 10.5. The Morgan fingerprint density at radius 2 is 2.15 bits per heavy atom. The van der Waals surface area contributed by atoms with E-state index in [1.165, 1.54) is 29.1 Å². The van der Waals surface area contributed by atoms with Crippen LogP contribution in [0.2, 0.25) is 5.28 Å². The summed E-state index contributed by atoms with van der Waals surface area (Å²) in [6, 6.07) is 3.71.